The first-order chi connectivity index (χ1) is 9.13. The Morgan fingerprint density at radius 1 is 1.58 bits per heavy atom. The van der Waals surface area contributed by atoms with Crippen LogP contribution in [-0.2, 0) is 9.53 Å². The molecule has 1 aromatic rings. The van der Waals surface area contributed by atoms with E-state index in [1.165, 1.54) is 0 Å². The van der Waals surface area contributed by atoms with Gasteiger partial charge in [0.15, 0.2) is 0 Å². The van der Waals surface area contributed by atoms with Crippen molar-refractivity contribution < 1.29 is 14.3 Å². The van der Waals surface area contributed by atoms with E-state index in [0.29, 0.717) is 18.7 Å². The standard InChI is InChI=1S/C13H17IN2O3/c1-18-8-2-4-10(14)11(6-8)16-13(17)12-5-3-9(7-15)19-12/h2,4,6,9,12H,3,5,7,15H2,1H3,(H,16,17)/t9-,12+/m1/s1. The van der Waals surface area contributed by atoms with Crippen LogP contribution in [0.1, 0.15) is 12.8 Å². The van der Waals surface area contributed by atoms with Gasteiger partial charge in [0, 0.05) is 16.2 Å². The summed E-state index contributed by atoms with van der Waals surface area (Å²) >= 11 is 2.17. The van der Waals surface area contributed by atoms with Gasteiger partial charge in [0.25, 0.3) is 5.91 Å². The van der Waals surface area contributed by atoms with Crippen LogP contribution in [-0.4, -0.2) is 31.8 Å². The Morgan fingerprint density at radius 3 is 3.00 bits per heavy atom. The molecular formula is C13H17IN2O3. The third-order valence-corrected chi connectivity index (χ3v) is 4.03. The number of halogens is 1. The van der Waals surface area contributed by atoms with Gasteiger partial charge in [-0.2, -0.15) is 0 Å². The van der Waals surface area contributed by atoms with E-state index < -0.39 is 6.10 Å². The molecule has 1 amide bonds. The first-order valence-corrected chi connectivity index (χ1v) is 7.22. The van der Waals surface area contributed by atoms with Crippen molar-refractivity contribution in [2.45, 2.75) is 25.0 Å². The van der Waals surface area contributed by atoms with Gasteiger partial charge in [-0.3, -0.25) is 4.79 Å². The molecule has 0 aromatic heterocycles. The molecule has 0 unspecified atom stereocenters. The van der Waals surface area contributed by atoms with Crippen molar-refractivity contribution in [2.24, 2.45) is 5.73 Å². The summed E-state index contributed by atoms with van der Waals surface area (Å²) in [7, 11) is 1.60. The van der Waals surface area contributed by atoms with E-state index >= 15 is 0 Å². The van der Waals surface area contributed by atoms with E-state index in [1.54, 1.807) is 13.2 Å². The number of ether oxygens (including phenoxy) is 2. The number of amides is 1. The maximum atomic E-state index is 12.1. The monoisotopic (exact) mass is 376 g/mol. The van der Waals surface area contributed by atoms with Crippen LogP contribution in [0, 0.1) is 3.57 Å². The van der Waals surface area contributed by atoms with Crippen LogP contribution in [0.3, 0.4) is 0 Å². The van der Waals surface area contributed by atoms with Crippen LogP contribution in [0.4, 0.5) is 5.69 Å². The molecule has 2 rings (SSSR count). The molecule has 5 nitrogen and oxygen atoms in total. The number of benzene rings is 1. The predicted molar refractivity (Wildman–Crippen MR) is 81.3 cm³/mol. The van der Waals surface area contributed by atoms with Crippen molar-refractivity contribution in [3.05, 3.63) is 21.8 Å². The van der Waals surface area contributed by atoms with Crippen molar-refractivity contribution >= 4 is 34.2 Å². The Hall–Kier alpha value is -0.860. The van der Waals surface area contributed by atoms with Gasteiger partial charge in [-0.25, -0.2) is 0 Å². The highest BCUT2D eigenvalue weighted by atomic mass is 127. The van der Waals surface area contributed by atoms with Crippen molar-refractivity contribution in [3.8, 4) is 5.75 Å². The van der Waals surface area contributed by atoms with Crippen LogP contribution >= 0.6 is 22.6 Å². The Morgan fingerprint density at radius 2 is 2.37 bits per heavy atom. The smallest absolute Gasteiger partial charge is 0.253 e. The molecule has 1 aliphatic heterocycles. The van der Waals surface area contributed by atoms with Gasteiger partial charge >= 0.3 is 0 Å². The number of anilines is 1. The lowest BCUT2D eigenvalue weighted by molar-refractivity contribution is -0.126. The minimum absolute atomic E-state index is 0.000122. The predicted octanol–water partition coefficient (Wildman–Crippen LogP) is 1.74. The first kappa shape index (κ1) is 14.5. The lowest BCUT2D eigenvalue weighted by Gasteiger charge is -2.14. The van der Waals surface area contributed by atoms with E-state index in [4.69, 9.17) is 15.2 Å². The summed E-state index contributed by atoms with van der Waals surface area (Å²) in [5.41, 5.74) is 6.28. The number of methoxy groups -OCH3 is 1. The summed E-state index contributed by atoms with van der Waals surface area (Å²) in [5.74, 6) is 0.588. The third-order valence-electron chi connectivity index (χ3n) is 3.09. The van der Waals surface area contributed by atoms with Crippen molar-refractivity contribution in [1.82, 2.24) is 0 Å². The molecule has 1 aliphatic rings. The lowest BCUT2D eigenvalue weighted by Crippen LogP contribution is -2.30. The maximum absolute atomic E-state index is 12.1. The fourth-order valence-electron chi connectivity index (χ4n) is 2.01. The highest BCUT2D eigenvalue weighted by Gasteiger charge is 2.30. The number of rotatable bonds is 4. The molecule has 0 aliphatic carbocycles. The summed E-state index contributed by atoms with van der Waals surface area (Å²) in [6.45, 7) is 0.459. The molecule has 0 spiro atoms. The molecular weight excluding hydrogens is 359 g/mol. The largest absolute Gasteiger partial charge is 0.497 e. The van der Waals surface area contributed by atoms with Crippen molar-refractivity contribution in [3.63, 3.8) is 0 Å². The van der Waals surface area contributed by atoms with E-state index in [0.717, 1.165) is 15.7 Å². The molecule has 0 saturated carbocycles. The van der Waals surface area contributed by atoms with Crippen LogP contribution in [0.15, 0.2) is 18.2 Å². The molecule has 104 valence electrons. The fraction of sp³-hybridized carbons (Fsp3) is 0.462. The van der Waals surface area contributed by atoms with E-state index in [-0.39, 0.29) is 12.0 Å². The Kier molecular flexibility index (Phi) is 5.00. The molecule has 2 atom stereocenters. The number of nitrogens with one attached hydrogen (secondary N) is 1. The SMILES string of the molecule is COc1ccc(I)c(NC(=O)[C@@H]2CC[C@H](CN)O2)c1. The highest BCUT2D eigenvalue weighted by molar-refractivity contribution is 14.1. The molecule has 1 saturated heterocycles. The average molecular weight is 376 g/mol. The molecule has 6 heteroatoms. The summed E-state index contributed by atoms with van der Waals surface area (Å²) in [6.07, 6.45) is 1.15. The topological polar surface area (TPSA) is 73.6 Å². The van der Waals surface area contributed by atoms with Gasteiger partial charge in [-0.15, -0.1) is 0 Å². The molecule has 0 bridgehead atoms. The normalized spacial score (nSPS) is 22.3. The van der Waals surface area contributed by atoms with E-state index in [2.05, 4.69) is 27.9 Å². The summed E-state index contributed by atoms with van der Waals surface area (Å²) in [6, 6.07) is 5.55. The van der Waals surface area contributed by atoms with Gasteiger partial charge in [0.1, 0.15) is 11.9 Å². The van der Waals surface area contributed by atoms with E-state index in [9.17, 15) is 4.79 Å². The van der Waals surface area contributed by atoms with Crippen LogP contribution in [0.2, 0.25) is 0 Å². The zero-order chi connectivity index (χ0) is 13.8. The molecule has 1 aromatic carbocycles. The second kappa shape index (κ2) is 6.53. The van der Waals surface area contributed by atoms with Crippen LogP contribution in [0.25, 0.3) is 0 Å². The third kappa shape index (κ3) is 3.58. The van der Waals surface area contributed by atoms with Gasteiger partial charge < -0.3 is 20.5 Å². The Labute approximate surface area is 126 Å². The van der Waals surface area contributed by atoms with E-state index in [1.807, 2.05) is 12.1 Å². The molecule has 3 N–H and O–H groups in total. The Bertz CT molecular complexity index is 467. The quantitative estimate of drug-likeness (QED) is 0.786. The van der Waals surface area contributed by atoms with Crippen molar-refractivity contribution in [1.29, 1.82) is 0 Å². The molecule has 0 radical (unpaired) electrons. The van der Waals surface area contributed by atoms with Crippen molar-refractivity contribution in [2.75, 3.05) is 19.0 Å². The second-order valence-electron chi connectivity index (χ2n) is 4.39. The number of hydrogen-bond donors (Lipinski definition) is 2. The molecule has 1 heterocycles. The van der Waals surface area contributed by atoms with Gasteiger partial charge in [-0.05, 0) is 47.6 Å². The zero-order valence-corrected chi connectivity index (χ0v) is 12.8. The minimum atomic E-state index is -0.407. The number of carbonyl (C=O) groups excluding carboxylic acids is 1. The summed E-state index contributed by atoms with van der Waals surface area (Å²) < 4.78 is 11.7. The zero-order valence-electron chi connectivity index (χ0n) is 10.7. The Balaban J connectivity index is 2.03. The fourth-order valence-corrected chi connectivity index (χ4v) is 2.48. The number of carbonyl (C=O) groups is 1. The summed E-state index contributed by atoms with van der Waals surface area (Å²) in [4.78, 5) is 12.1. The highest BCUT2D eigenvalue weighted by Crippen LogP contribution is 2.26. The molecule has 19 heavy (non-hydrogen) atoms. The second-order valence-corrected chi connectivity index (χ2v) is 5.56. The number of hydrogen-bond acceptors (Lipinski definition) is 4. The first-order valence-electron chi connectivity index (χ1n) is 6.14. The van der Waals surface area contributed by atoms with Gasteiger partial charge in [0.05, 0.1) is 18.9 Å². The van der Waals surface area contributed by atoms with Gasteiger partial charge in [-0.1, -0.05) is 0 Å². The van der Waals surface area contributed by atoms with Crippen LogP contribution in [0.5, 0.6) is 5.75 Å². The number of nitrogens with two attached hydrogens (primary N) is 1. The average Bonchev–Trinajstić information content (AvgIpc) is 2.90. The lowest BCUT2D eigenvalue weighted by atomic mass is 10.2. The minimum Gasteiger partial charge on any atom is -0.497 e. The van der Waals surface area contributed by atoms with Crippen LogP contribution < -0.4 is 15.8 Å². The molecule has 1 fully saturated rings. The maximum Gasteiger partial charge on any atom is 0.253 e. The van der Waals surface area contributed by atoms with Gasteiger partial charge in [0.2, 0.25) is 0 Å². The summed E-state index contributed by atoms with van der Waals surface area (Å²) in [5, 5.41) is 2.88.